The van der Waals surface area contributed by atoms with Crippen LogP contribution in [0.2, 0.25) is 0 Å². The minimum absolute atomic E-state index is 0.185. The van der Waals surface area contributed by atoms with E-state index in [9.17, 15) is 12.8 Å². The Bertz CT molecular complexity index is 548. The normalized spacial score (nSPS) is 20.4. The maximum Gasteiger partial charge on any atom is 0.279 e. The number of benzene rings is 1. The minimum atomic E-state index is -3.43. The number of hydrogen-bond acceptors (Lipinski definition) is 3. The fourth-order valence-corrected chi connectivity index (χ4v) is 3.67. The molecule has 1 fully saturated rings. The van der Waals surface area contributed by atoms with Crippen molar-refractivity contribution < 1.29 is 17.5 Å². The Morgan fingerprint density at radius 3 is 2.76 bits per heavy atom. The van der Waals surface area contributed by atoms with Gasteiger partial charge in [0.2, 0.25) is 0 Å². The zero-order valence-corrected chi connectivity index (χ0v) is 12.9. The van der Waals surface area contributed by atoms with Crippen molar-refractivity contribution in [1.82, 2.24) is 9.03 Å². The van der Waals surface area contributed by atoms with Crippen LogP contribution in [0.1, 0.15) is 19.8 Å². The van der Waals surface area contributed by atoms with Crippen molar-refractivity contribution in [2.75, 3.05) is 26.2 Å². The van der Waals surface area contributed by atoms with Crippen molar-refractivity contribution in [3.63, 3.8) is 0 Å². The number of halogens is 1. The van der Waals surface area contributed by atoms with E-state index in [1.807, 2.05) is 0 Å². The minimum Gasteiger partial charge on any atom is -0.492 e. The van der Waals surface area contributed by atoms with Crippen LogP contribution in [-0.4, -0.2) is 39.0 Å². The van der Waals surface area contributed by atoms with Crippen LogP contribution >= 0.6 is 0 Å². The lowest BCUT2D eigenvalue weighted by atomic mass is 10.0. The van der Waals surface area contributed by atoms with E-state index in [4.69, 9.17) is 4.74 Å². The Morgan fingerprint density at radius 1 is 1.38 bits per heavy atom. The third-order valence-electron chi connectivity index (χ3n) is 3.43. The first-order valence-electron chi connectivity index (χ1n) is 7.10. The summed E-state index contributed by atoms with van der Waals surface area (Å²) in [5.74, 6) is 0.579. The first-order valence-corrected chi connectivity index (χ1v) is 8.54. The molecule has 0 bridgehead atoms. The van der Waals surface area contributed by atoms with Gasteiger partial charge < -0.3 is 4.74 Å². The van der Waals surface area contributed by atoms with Gasteiger partial charge in [-0.2, -0.15) is 17.4 Å². The Hall–Kier alpha value is -1.18. The molecule has 1 aromatic carbocycles. The Balaban J connectivity index is 1.75. The van der Waals surface area contributed by atoms with Gasteiger partial charge in [0.05, 0.1) is 0 Å². The van der Waals surface area contributed by atoms with Gasteiger partial charge in [-0.3, -0.25) is 0 Å². The molecule has 118 valence electrons. The average molecular weight is 316 g/mol. The smallest absolute Gasteiger partial charge is 0.279 e. The van der Waals surface area contributed by atoms with Crippen LogP contribution in [0.4, 0.5) is 4.39 Å². The second-order valence-corrected chi connectivity index (χ2v) is 7.06. The molecule has 0 spiro atoms. The van der Waals surface area contributed by atoms with Crippen molar-refractivity contribution >= 4 is 10.2 Å². The van der Waals surface area contributed by atoms with Crippen LogP contribution < -0.4 is 9.46 Å². The molecule has 1 aliphatic heterocycles. The number of hydrogen-bond donors (Lipinski definition) is 1. The predicted octanol–water partition coefficient (Wildman–Crippen LogP) is 1.77. The van der Waals surface area contributed by atoms with Crippen LogP contribution in [0.25, 0.3) is 0 Å². The van der Waals surface area contributed by atoms with Crippen molar-refractivity contribution in [1.29, 1.82) is 0 Å². The fourth-order valence-electron chi connectivity index (χ4n) is 2.33. The maximum absolute atomic E-state index is 12.7. The molecule has 0 aliphatic carbocycles. The molecule has 5 nitrogen and oxygen atoms in total. The quantitative estimate of drug-likeness (QED) is 0.814. The third-order valence-corrected chi connectivity index (χ3v) is 5.01. The number of nitrogens with one attached hydrogen (secondary N) is 1. The molecule has 0 aromatic heterocycles. The highest BCUT2D eigenvalue weighted by Gasteiger charge is 2.26. The Kier molecular flexibility index (Phi) is 5.55. The second kappa shape index (κ2) is 7.20. The monoisotopic (exact) mass is 316 g/mol. The van der Waals surface area contributed by atoms with Crippen LogP contribution in [0.15, 0.2) is 24.3 Å². The largest absolute Gasteiger partial charge is 0.492 e. The molecule has 1 atom stereocenters. The summed E-state index contributed by atoms with van der Waals surface area (Å²) in [6.07, 6.45) is 1.97. The van der Waals surface area contributed by atoms with Crippen LogP contribution in [-0.2, 0) is 10.2 Å². The molecule has 1 aromatic rings. The third kappa shape index (κ3) is 4.94. The lowest BCUT2D eigenvalue weighted by molar-refractivity contribution is 0.275. The van der Waals surface area contributed by atoms with E-state index < -0.39 is 10.2 Å². The molecule has 7 heteroatoms. The molecule has 1 heterocycles. The van der Waals surface area contributed by atoms with E-state index in [0.29, 0.717) is 24.8 Å². The lowest BCUT2D eigenvalue weighted by Crippen LogP contribution is -2.46. The van der Waals surface area contributed by atoms with Crippen molar-refractivity contribution in [2.45, 2.75) is 19.8 Å². The standard InChI is InChI=1S/C14H21FN2O3S/c1-12-3-2-9-17(11-12)21(18,19)16-8-10-20-14-6-4-13(15)5-7-14/h4-7,12,16H,2-3,8-11H2,1H3/t12-/m1/s1. The summed E-state index contributed by atoms with van der Waals surface area (Å²) in [7, 11) is -3.43. The van der Waals surface area contributed by atoms with E-state index in [1.54, 1.807) is 0 Å². The zero-order valence-electron chi connectivity index (χ0n) is 12.1. The molecule has 0 saturated carbocycles. The highest BCUT2D eigenvalue weighted by atomic mass is 32.2. The van der Waals surface area contributed by atoms with Gasteiger partial charge in [-0.05, 0) is 43.0 Å². The molecule has 21 heavy (non-hydrogen) atoms. The Morgan fingerprint density at radius 2 is 2.10 bits per heavy atom. The van der Waals surface area contributed by atoms with Gasteiger partial charge in [-0.1, -0.05) is 6.92 Å². The summed E-state index contributed by atoms with van der Waals surface area (Å²) < 4.78 is 46.3. The van der Waals surface area contributed by atoms with Gasteiger partial charge in [0.25, 0.3) is 10.2 Å². The van der Waals surface area contributed by atoms with Gasteiger partial charge in [-0.15, -0.1) is 0 Å². The SMILES string of the molecule is C[C@@H]1CCCN(S(=O)(=O)NCCOc2ccc(F)cc2)C1. The van der Waals surface area contributed by atoms with E-state index in [0.717, 1.165) is 12.8 Å². The van der Waals surface area contributed by atoms with E-state index in [2.05, 4.69) is 11.6 Å². The lowest BCUT2D eigenvalue weighted by Gasteiger charge is -2.29. The summed E-state index contributed by atoms with van der Waals surface area (Å²) >= 11 is 0. The molecule has 1 aliphatic rings. The summed E-state index contributed by atoms with van der Waals surface area (Å²) in [6, 6.07) is 5.62. The molecule has 0 amide bonds. The number of nitrogens with zero attached hydrogens (tertiary/aromatic N) is 1. The predicted molar refractivity (Wildman–Crippen MR) is 78.8 cm³/mol. The van der Waals surface area contributed by atoms with Gasteiger partial charge >= 0.3 is 0 Å². The van der Waals surface area contributed by atoms with Crippen LogP contribution in [0.3, 0.4) is 0 Å². The molecule has 2 rings (SSSR count). The maximum atomic E-state index is 12.7. The molecular formula is C14H21FN2O3S. The van der Waals surface area contributed by atoms with E-state index in [-0.39, 0.29) is 19.0 Å². The van der Waals surface area contributed by atoms with Crippen LogP contribution in [0.5, 0.6) is 5.75 Å². The van der Waals surface area contributed by atoms with E-state index in [1.165, 1.54) is 28.6 Å². The topological polar surface area (TPSA) is 58.6 Å². The second-order valence-electron chi connectivity index (χ2n) is 5.31. The fraction of sp³-hybridized carbons (Fsp3) is 0.571. The number of ether oxygens (including phenoxy) is 1. The average Bonchev–Trinajstić information content (AvgIpc) is 2.45. The summed E-state index contributed by atoms with van der Waals surface area (Å²) in [5, 5.41) is 0. The molecule has 0 unspecified atom stereocenters. The first-order chi connectivity index (χ1) is 9.97. The summed E-state index contributed by atoms with van der Waals surface area (Å²) in [6.45, 7) is 3.57. The molecule has 1 saturated heterocycles. The molecular weight excluding hydrogens is 295 g/mol. The van der Waals surface area contributed by atoms with Gasteiger partial charge in [0.1, 0.15) is 18.2 Å². The molecule has 0 radical (unpaired) electrons. The highest BCUT2D eigenvalue weighted by Crippen LogP contribution is 2.17. The highest BCUT2D eigenvalue weighted by molar-refractivity contribution is 7.87. The Labute approximate surface area is 125 Å². The number of piperidine rings is 1. The number of rotatable bonds is 6. The van der Waals surface area contributed by atoms with E-state index >= 15 is 0 Å². The van der Waals surface area contributed by atoms with Crippen LogP contribution in [0, 0.1) is 11.7 Å². The van der Waals surface area contributed by atoms with Crippen molar-refractivity contribution in [2.24, 2.45) is 5.92 Å². The van der Waals surface area contributed by atoms with Gasteiger partial charge in [-0.25, -0.2) is 4.39 Å². The first kappa shape index (κ1) is 16.2. The van der Waals surface area contributed by atoms with Gasteiger partial charge in [0, 0.05) is 19.6 Å². The summed E-state index contributed by atoms with van der Waals surface area (Å²) in [4.78, 5) is 0. The zero-order chi connectivity index (χ0) is 15.3. The summed E-state index contributed by atoms with van der Waals surface area (Å²) in [5.41, 5.74) is 0. The molecule has 1 N–H and O–H groups in total. The van der Waals surface area contributed by atoms with Gasteiger partial charge in [0.15, 0.2) is 0 Å². The van der Waals surface area contributed by atoms with Crippen molar-refractivity contribution in [3.8, 4) is 5.75 Å². The van der Waals surface area contributed by atoms with Crippen molar-refractivity contribution in [3.05, 3.63) is 30.1 Å².